The van der Waals surface area contributed by atoms with Crippen LogP contribution in [0.2, 0.25) is 0 Å². The van der Waals surface area contributed by atoms with E-state index in [9.17, 15) is 0 Å². The van der Waals surface area contributed by atoms with Crippen LogP contribution in [0, 0.1) is 0 Å². The Hall–Kier alpha value is -8.40. The highest BCUT2D eigenvalue weighted by Crippen LogP contribution is 2.49. The van der Waals surface area contributed by atoms with Crippen LogP contribution in [0.15, 0.2) is 247 Å². The lowest BCUT2D eigenvalue weighted by Crippen LogP contribution is -2.12. The van der Waals surface area contributed by atoms with E-state index in [1.54, 1.807) is 0 Å². The van der Waals surface area contributed by atoms with Gasteiger partial charge in [0.05, 0.1) is 27.8 Å². The number of fused-ring (bicyclic) bond motifs is 6. The summed E-state index contributed by atoms with van der Waals surface area (Å²) in [4.78, 5) is 2.42. The zero-order chi connectivity index (χ0) is 41.7. The molecule has 0 saturated carbocycles. The minimum absolute atomic E-state index is 0.850. The minimum atomic E-state index is 0.850. The molecule has 0 bridgehead atoms. The average molecular weight is 805 g/mol. The summed E-state index contributed by atoms with van der Waals surface area (Å²) < 4.78 is 8.91. The molecule has 0 aliphatic rings. The Morgan fingerprint density at radius 2 is 0.857 bits per heavy atom. The quantitative estimate of drug-likeness (QED) is 0.153. The number of rotatable bonds is 8. The molecule has 3 nitrogen and oxygen atoms in total. The predicted octanol–water partition coefficient (Wildman–Crippen LogP) is 16.8. The standard InChI is InChI=1S/C60H40N2O/c1-3-18-41(19-4-1)43-34-39-48(53(40-43)47-23-8-7-22-46(47)42-20-5-2-6-21-42)49-24-9-13-28-54(49)62(57-31-17-33-59-60(57)52-27-12-16-32-58(52)63-59)45-37-35-44(36-38-45)61-55-29-14-10-25-50(55)51-26-11-15-30-56(51)61/h1-40H. The first kappa shape index (κ1) is 36.5. The SMILES string of the molecule is c1ccc(-c2ccc(-c3ccccc3N(c3ccc(-n4c5ccccc5c5ccccc54)cc3)c3cccc4oc5ccccc5c34)c(-c3ccccc3-c3ccccc3)c2)cc1. The Labute approximate surface area is 366 Å². The number of hydrogen-bond donors (Lipinski definition) is 0. The summed E-state index contributed by atoms with van der Waals surface area (Å²) in [6.07, 6.45) is 0. The summed E-state index contributed by atoms with van der Waals surface area (Å²) in [5.41, 5.74) is 17.7. The monoisotopic (exact) mass is 804 g/mol. The molecule has 296 valence electrons. The summed E-state index contributed by atoms with van der Waals surface area (Å²) in [5, 5.41) is 4.64. The predicted molar refractivity (Wildman–Crippen MR) is 264 cm³/mol. The fourth-order valence-electron chi connectivity index (χ4n) is 9.60. The number of furan rings is 1. The van der Waals surface area contributed by atoms with E-state index >= 15 is 0 Å². The number of aromatic nitrogens is 1. The van der Waals surface area contributed by atoms with Crippen molar-refractivity contribution in [2.45, 2.75) is 0 Å². The van der Waals surface area contributed by atoms with Crippen molar-refractivity contribution < 1.29 is 4.42 Å². The summed E-state index contributed by atoms with van der Waals surface area (Å²) >= 11 is 0. The van der Waals surface area contributed by atoms with Gasteiger partial charge >= 0.3 is 0 Å². The Balaban J connectivity index is 1.10. The zero-order valence-electron chi connectivity index (χ0n) is 34.4. The van der Waals surface area contributed by atoms with Gasteiger partial charge in [-0.3, -0.25) is 0 Å². The molecule has 10 aromatic carbocycles. The van der Waals surface area contributed by atoms with Gasteiger partial charge in [0.2, 0.25) is 0 Å². The van der Waals surface area contributed by atoms with Crippen molar-refractivity contribution in [2.24, 2.45) is 0 Å². The molecule has 2 heterocycles. The third kappa shape index (κ3) is 6.21. The molecule has 0 unspecified atom stereocenters. The van der Waals surface area contributed by atoms with Crippen LogP contribution in [-0.2, 0) is 0 Å². The van der Waals surface area contributed by atoms with Crippen LogP contribution in [0.3, 0.4) is 0 Å². The second kappa shape index (κ2) is 15.3. The molecule has 12 aromatic rings. The highest BCUT2D eigenvalue weighted by Gasteiger charge is 2.24. The van der Waals surface area contributed by atoms with E-state index in [1.165, 1.54) is 49.6 Å². The zero-order valence-corrected chi connectivity index (χ0v) is 34.4. The topological polar surface area (TPSA) is 21.3 Å². The molecule has 0 saturated heterocycles. The molecule has 0 fully saturated rings. The highest BCUT2D eigenvalue weighted by atomic mass is 16.3. The van der Waals surface area contributed by atoms with Gasteiger partial charge in [-0.1, -0.05) is 176 Å². The first-order valence-corrected chi connectivity index (χ1v) is 21.5. The molecule has 0 aliphatic heterocycles. The van der Waals surface area contributed by atoms with Crippen LogP contribution in [0.4, 0.5) is 17.1 Å². The molecule has 0 spiro atoms. The van der Waals surface area contributed by atoms with Crippen LogP contribution in [0.25, 0.3) is 93.9 Å². The normalized spacial score (nSPS) is 11.5. The van der Waals surface area contributed by atoms with Gasteiger partial charge in [-0.05, 0) is 106 Å². The first-order valence-electron chi connectivity index (χ1n) is 21.5. The smallest absolute Gasteiger partial charge is 0.137 e. The third-order valence-corrected chi connectivity index (χ3v) is 12.4. The number of anilines is 3. The number of benzene rings is 10. The summed E-state index contributed by atoms with van der Waals surface area (Å²) in [5.74, 6) is 0. The van der Waals surface area contributed by atoms with Crippen LogP contribution in [0.5, 0.6) is 0 Å². The maximum absolute atomic E-state index is 6.54. The molecule has 0 atom stereocenters. The van der Waals surface area contributed by atoms with E-state index in [0.717, 1.165) is 61.4 Å². The average Bonchev–Trinajstić information content (AvgIpc) is 3.91. The summed E-state index contributed by atoms with van der Waals surface area (Å²) in [6, 6.07) is 87.2. The van der Waals surface area contributed by atoms with Gasteiger partial charge in [-0.25, -0.2) is 0 Å². The van der Waals surface area contributed by atoms with Crippen molar-refractivity contribution in [1.29, 1.82) is 0 Å². The third-order valence-electron chi connectivity index (χ3n) is 12.4. The number of hydrogen-bond acceptors (Lipinski definition) is 2. The van der Waals surface area contributed by atoms with E-state index in [4.69, 9.17) is 4.42 Å². The minimum Gasteiger partial charge on any atom is -0.456 e. The molecular weight excluding hydrogens is 765 g/mol. The molecule has 0 radical (unpaired) electrons. The van der Waals surface area contributed by atoms with Crippen molar-refractivity contribution in [3.63, 3.8) is 0 Å². The lowest BCUT2D eigenvalue weighted by molar-refractivity contribution is 0.669. The van der Waals surface area contributed by atoms with Crippen molar-refractivity contribution in [2.75, 3.05) is 4.90 Å². The van der Waals surface area contributed by atoms with Crippen LogP contribution < -0.4 is 4.90 Å². The fourth-order valence-corrected chi connectivity index (χ4v) is 9.60. The molecule has 0 aliphatic carbocycles. The first-order chi connectivity index (χ1) is 31.3. The van der Waals surface area contributed by atoms with Crippen molar-refractivity contribution in [1.82, 2.24) is 4.57 Å². The molecule has 63 heavy (non-hydrogen) atoms. The van der Waals surface area contributed by atoms with E-state index in [1.807, 2.05) is 6.07 Å². The fraction of sp³-hybridized carbons (Fsp3) is 0. The second-order valence-corrected chi connectivity index (χ2v) is 16.0. The van der Waals surface area contributed by atoms with Crippen molar-refractivity contribution >= 4 is 60.8 Å². The van der Waals surface area contributed by atoms with Crippen LogP contribution in [0.1, 0.15) is 0 Å². The Morgan fingerprint density at radius 3 is 1.59 bits per heavy atom. The Bertz CT molecular complexity index is 3570. The molecule has 0 N–H and O–H groups in total. The summed E-state index contributed by atoms with van der Waals surface area (Å²) in [7, 11) is 0. The van der Waals surface area contributed by atoms with Gasteiger partial charge in [0.15, 0.2) is 0 Å². The Morgan fingerprint density at radius 1 is 0.317 bits per heavy atom. The van der Waals surface area contributed by atoms with Gasteiger partial charge in [-0.2, -0.15) is 0 Å². The van der Waals surface area contributed by atoms with E-state index in [-0.39, 0.29) is 0 Å². The van der Waals surface area contributed by atoms with Crippen LogP contribution >= 0.6 is 0 Å². The maximum Gasteiger partial charge on any atom is 0.137 e. The lowest BCUT2D eigenvalue weighted by atomic mass is 9.86. The van der Waals surface area contributed by atoms with Gasteiger partial charge in [0.25, 0.3) is 0 Å². The molecule has 2 aromatic heterocycles. The van der Waals surface area contributed by atoms with Crippen LogP contribution in [-0.4, -0.2) is 4.57 Å². The van der Waals surface area contributed by atoms with Gasteiger partial charge < -0.3 is 13.9 Å². The van der Waals surface area contributed by atoms with E-state index in [2.05, 4.69) is 246 Å². The van der Waals surface area contributed by atoms with Gasteiger partial charge in [-0.15, -0.1) is 0 Å². The maximum atomic E-state index is 6.54. The van der Waals surface area contributed by atoms with Gasteiger partial charge in [0.1, 0.15) is 11.2 Å². The lowest BCUT2D eigenvalue weighted by Gasteiger charge is -2.29. The number of nitrogens with zero attached hydrogens (tertiary/aromatic N) is 2. The summed E-state index contributed by atoms with van der Waals surface area (Å²) in [6.45, 7) is 0. The van der Waals surface area contributed by atoms with Crippen molar-refractivity contribution in [3.8, 4) is 50.2 Å². The second-order valence-electron chi connectivity index (χ2n) is 16.0. The van der Waals surface area contributed by atoms with Gasteiger partial charge in [0, 0.05) is 33.1 Å². The van der Waals surface area contributed by atoms with E-state index < -0.39 is 0 Å². The molecule has 0 amide bonds. The molecule has 3 heteroatoms. The van der Waals surface area contributed by atoms with Crippen molar-refractivity contribution in [3.05, 3.63) is 243 Å². The molecule has 12 rings (SSSR count). The largest absolute Gasteiger partial charge is 0.456 e. The molecular formula is C60H40N2O. The highest BCUT2D eigenvalue weighted by molar-refractivity contribution is 6.14. The number of para-hydroxylation sites is 4. The Kier molecular flexibility index (Phi) is 8.83. The van der Waals surface area contributed by atoms with E-state index in [0.29, 0.717) is 0 Å².